The van der Waals surface area contributed by atoms with Gasteiger partial charge in [-0.25, -0.2) is 4.79 Å². The first-order valence-corrected chi connectivity index (χ1v) is 6.24. The summed E-state index contributed by atoms with van der Waals surface area (Å²) in [5.74, 6) is -0.945. The Hall–Kier alpha value is -2.83. The van der Waals surface area contributed by atoms with Crippen LogP contribution in [0.25, 0.3) is 0 Å². The average molecular weight is 289 g/mol. The highest BCUT2D eigenvalue weighted by atomic mass is 16.4. The van der Waals surface area contributed by atoms with Crippen molar-refractivity contribution in [3.8, 4) is 0 Å². The van der Waals surface area contributed by atoms with Crippen molar-refractivity contribution in [3.05, 3.63) is 48.2 Å². The standard InChI is InChI=1S/C14H15N3O4/c1-17(8-10-4-5-21-9-10)14(20)16-12-3-2-11(15-7-12)6-13(18)19/h2-5,7,9H,6,8H2,1H3,(H,16,20)(H,18,19). The van der Waals surface area contributed by atoms with E-state index in [1.54, 1.807) is 37.8 Å². The maximum absolute atomic E-state index is 12.0. The molecule has 0 radical (unpaired) electrons. The minimum atomic E-state index is -0.945. The maximum atomic E-state index is 12.0. The van der Waals surface area contributed by atoms with Gasteiger partial charge < -0.3 is 19.7 Å². The van der Waals surface area contributed by atoms with Crippen LogP contribution in [0, 0.1) is 0 Å². The molecule has 21 heavy (non-hydrogen) atoms. The summed E-state index contributed by atoms with van der Waals surface area (Å²) in [6, 6.07) is 4.68. The van der Waals surface area contributed by atoms with Gasteiger partial charge in [0.1, 0.15) is 0 Å². The van der Waals surface area contributed by atoms with Crippen molar-refractivity contribution in [1.29, 1.82) is 0 Å². The molecule has 0 aliphatic rings. The van der Waals surface area contributed by atoms with Crippen LogP contribution in [-0.4, -0.2) is 34.0 Å². The second kappa shape index (κ2) is 6.56. The summed E-state index contributed by atoms with van der Waals surface area (Å²) in [7, 11) is 1.66. The zero-order chi connectivity index (χ0) is 15.2. The second-order valence-electron chi connectivity index (χ2n) is 4.53. The number of aromatic nitrogens is 1. The summed E-state index contributed by atoms with van der Waals surface area (Å²) in [5, 5.41) is 11.3. The van der Waals surface area contributed by atoms with Crippen LogP contribution in [0.2, 0.25) is 0 Å². The monoisotopic (exact) mass is 289 g/mol. The molecule has 0 atom stereocenters. The number of hydrogen-bond donors (Lipinski definition) is 2. The number of pyridine rings is 1. The van der Waals surface area contributed by atoms with Crippen LogP contribution in [0.15, 0.2) is 41.3 Å². The molecule has 2 rings (SSSR count). The van der Waals surface area contributed by atoms with Gasteiger partial charge in [0.15, 0.2) is 0 Å². The van der Waals surface area contributed by atoms with Crippen molar-refractivity contribution in [2.75, 3.05) is 12.4 Å². The Labute approximate surface area is 121 Å². The minimum Gasteiger partial charge on any atom is -0.481 e. The van der Waals surface area contributed by atoms with E-state index in [0.29, 0.717) is 17.9 Å². The minimum absolute atomic E-state index is 0.144. The third-order valence-corrected chi connectivity index (χ3v) is 2.75. The van der Waals surface area contributed by atoms with Crippen LogP contribution < -0.4 is 5.32 Å². The van der Waals surface area contributed by atoms with E-state index in [0.717, 1.165) is 5.56 Å². The molecule has 0 unspecified atom stereocenters. The Morgan fingerprint density at radius 1 is 1.38 bits per heavy atom. The molecule has 0 saturated heterocycles. The van der Waals surface area contributed by atoms with Crippen molar-refractivity contribution in [3.63, 3.8) is 0 Å². The highest BCUT2D eigenvalue weighted by Crippen LogP contribution is 2.09. The van der Waals surface area contributed by atoms with Crippen molar-refractivity contribution in [2.24, 2.45) is 0 Å². The summed E-state index contributed by atoms with van der Waals surface area (Å²) in [5.41, 5.74) is 1.84. The van der Waals surface area contributed by atoms with Crippen LogP contribution in [-0.2, 0) is 17.8 Å². The number of nitrogens with one attached hydrogen (secondary N) is 1. The Bertz CT molecular complexity index is 608. The molecule has 0 aliphatic carbocycles. The highest BCUT2D eigenvalue weighted by Gasteiger charge is 2.10. The summed E-state index contributed by atoms with van der Waals surface area (Å²) >= 11 is 0. The topological polar surface area (TPSA) is 95.7 Å². The lowest BCUT2D eigenvalue weighted by atomic mass is 10.2. The molecule has 0 fully saturated rings. The van der Waals surface area contributed by atoms with Crippen molar-refractivity contribution in [1.82, 2.24) is 9.88 Å². The third kappa shape index (κ3) is 4.34. The van der Waals surface area contributed by atoms with E-state index in [-0.39, 0.29) is 12.5 Å². The van der Waals surface area contributed by atoms with E-state index in [9.17, 15) is 9.59 Å². The van der Waals surface area contributed by atoms with E-state index in [4.69, 9.17) is 9.52 Å². The molecule has 0 saturated carbocycles. The van der Waals surface area contributed by atoms with Crippen LogP contribution in [0.5, 0.6) is 0 Å². The number of aliphatic carboxylic acids is 1. The molecule has 2 aromatic heterocycles. The average Bonchev–Trinajstić information content (AvgIpc) is 2.93. The van der Waals surface area contributed by atoms with Gasteiger partial charge in [-0.2, -0.15) is 0 Å². The van der Waals surface area contributed by atoms with E-state index >= 15 is 0 Å². The van der Waals surface area contributed by atoms with Crippen LogP contribution >= 0.6 is 0 Å². The molecule has 0 aliphatic heterocycles. The van der Waals surface area contributed by atoms with Crippen LogP contribution in [0.4, 0.5) is 10.5 Å². The SMILES string of the molecule is CN(Cc1ccoc1)C(=O)Nc1ccc(CC(=O)O)nc1. The number of amides is 2. The number of hydrogen-bond acceptors (Lipinski definition) is 4. The van der Waals surface area contributed by atoms with E-state index < -0.39 is 5.97 Å². The van der Waals surface area contributed by atoms with E-state index in [2.05, 4.69) is 10.3 Å². The van der Waals surface area contributed by atoms with Gasteiger partial charge in [-0.3, -0.25) is 9.78 Å². The molecule has 2 heterocycles. The molecule has 7 heteroatoms. The molecule has 2 N–H and O–H groups in total. The largest absolute Gasteiger partial charge is 0.481 e. The van der Waals surface area contributed by atoms with E-state index in [1.165, 1.54) is 11.1 Å². The quantitative estimate of drug-likeness (QED) is 0.877. The number of carbonyl (C=O) groups is 2. The Morgan fingerprint density at radius 2 is 2.19 bits per heavy atom. The zero-order valence-corrected chi connectivity index (χ0v) is 11.4. The fourth-order valence-electron chi connectivity index (χ4n) is 1.71. The molecule has 0 spiro atoms. The first-order chi connectivity index (χ1) is 10.0. The van der Waals surface area contributed by atoms with Gasteiger partial charge >= 0.3 is 12.0 Å². The molecule has 7 nitrogen and oxygen atoms in total. The Balaban J connectivity index is 1.91. The van der Waals surface area contributed by atoms with Crippen molar-refractivity contribution < 1.29 is 19.1 Å². The molecular weight excluding hydrogens is 274 g/mol. The summed E-state index contributed by atoms with van der Waals surface area (Å²) in [4.78, 5) is 28.0. The third-order valence-electron chi connectivity index (χ3n) is 2.75. The number of carboxylic acids is 1. The maximum Gasteiger partial charge on any atom is 0.321 e. The first kappa shape index (κ1) is 14.6. The van der Waals surface area contributed by atoms with Crippen LogP contribution in [0.1, 0.15) is 11.3 Å². The summed E-state index contributed by atoms with van der Waals surface area (Å²) in [6.45, 7) is 0.423. The van der Waals surface area contributed by atoms with Gasteiger partial charge in [-0.05, 0) is 18.2 Å². The summed E-state index contributed by atoms with van der Waals surface area (Å²) < 4.78 is 4.94. The molecule has 0 aromatic carbocycles. The van der Waals surface area contributed by atoms with E-state index in [1.807, 2.05) is 0 Å². The van der Waals surface area contributed by atoms with Crippen LogP contribution in [0.3, 0.4) is 0 Å². The molecule has 110 valence electrons. The van der Waals surface area contributed by atoms with Crippen molar-refractivity contribution in [2.45, 2.75) is 13.0 Å². The predicted molar refractivity (Wildman–Crippen MR) is 74.8 cm³/mol. The number of urea groups is 1. The zero-order valence-electron chi connectivity index (χ0n) is 11.4. The lowest BCUT2D eigenvalue weighted by molar-refractivity contribution is -0.136. The van der Waals surface area contributed by atoms with Gasteiger partial charge in [-0.1, -0.05) is 0 Å². The normalized spacial score (nSPS) is 10.1. The second-order valence-corrected chi connectivity index (χ2v) is 4.53. The number of rotatable bonds is 5. The van der Waals surface area contributed by atoms with Gasteiger partial charge in [-0.15, -0.1) is 0 Å². The number of carbonyl (C=O) groups excluding carboxylic acids is 1. The summed E-state index contributed by atoms with van der Waals surface area (Å²) in [6.07, 6.45) is 4.41. The highest BCUT2D eigenvalue weighted by molar-refractivity contribution is 5.88. The molecule has 0 bridgehead atoms. The van der Waals surface area contributed by atoms with Gasteiger partial charge in [0.25, 0.3) is 0 Å². The number of carboxylic acid groups (broad SMARTS) is 1. The number of furan rings is 1. The van der Waals surface area contributed by atoms with Gasteiger partial charge in [0.2, 0.25) is 0 Å². The van der Waals surface area contributed by atoms with Crippen molar-refractivity contribution >= 4 is 17.7 Å². The fourth-order valence-corrected chi connectivity index (χ4v) is 1.71. The molecular formula is C14H15N3O4. The molecule has 2 amide bonds. The molecule has 2 aromatic rings. The number of nitrogens with zero attached hydrogens (tertiary/aromatic N) is 2. The smallest absolute Gasteiger partial charge is 0.321 e. The predicted octanol–water partition coefficient (Wildman–Crippen LogP) is 1.97. The van der Waals surface area contributed by atoms with Gasteiger partial charge in [0, 0.05) is 12.6 Å². The Kier molecular flexibility index (Phi) is 4.55. The number of anilines is 1. The Morgan fingerprint density at radius 3 is 2.76 bits per heavy atom. The lowest BCUT2D eigenvalue weighted by Crippen LogP contribution is -2.30. The fraction of sp³-hybridized carbons (Fsp3) is 0.214. The van der Waals surface area contributed by atoms with Gasteiger partial charge in [0.05, 0.1) is 43.1 Å². The first-order valence-electron chi connectivity index (χ1n) is 6.24. The lowest BCUT2D eigenvalue weighted by Gasteiger charge is -2.17.